The lowest BCUT2D eigenvalue weighted by Gasteiger charge is -2.47. The Morgan fingerprint density at radius 3 is 2.54 bits per heavy atom. The zero-order valence-electron chi connectivity index (χ0n) is 16.9. The smallest absolute Gasteiger partial charge is 0.123 e. The molecular weight excluding hydrogens is 349 g/mol. The van der Waals surface area contributed by atoms with Crippen LogP contribution in [0.15, 0.2) is 48.5 Å². The molecule has 1 aliphatic carbocycles. The van der Waals surface area contributed by atoms with E-state index in [2.05, 4.69) is 31.2 Å². The number of aryl methyl sites for hydroxylation is 1. The van der Waals surface area contributed by atoms with Crippen LogP contribution in [-0.4, -0.2) is 12.2 Å². The Hall–Kier alpha value is -1.71. The molecule has 150 valence electrons. The van der Waals surface area contributed by atoms with E-state index in [0.29, 0.717) is 0 Å². The lowest BCUT2D eigenvalue weighted by atomic mass is 9.65. The number of rotatable bonds is 5. The van der Waals surface area contributed by atoms with E-state index in [9.17, 15) is 4.39 Å². The van der Waals surface area contributed by atoms with Crippen LogP contribution in [0.5, 0.6) is 0 Å². The average Bonchev–Trinajstić information content (AvgIpc) is 3.14. The van der Waals surface area contributed by atoms with Crippen molar-refractivity contribution in [2.75, 3.05) is 6.61 Å². The molecule has 2 atom stereocenters. The number of hydrogen-bond acceptors (Lipinski definition) is 2. The summed E-state index contributed by atoms with van der Waals surface area (Å²) in [5.74, 6) is -0.169. The average molecular weight is 382 g/mol. The first-order valence-electron chi connectivity index (χ1n) is 10.7. The summed E-state index contributed by atoms with van der Waals surface area (Å²) in [4.78, 5) is 0. The molecular formula is C25H32FNO. The molecule has 3 heteroatoms. The van der Waals surface area contributed by atoms with Gasteiger partial charge in [-0.15, -0.1) is 0 Å². The maximum Gasteiger partial charge on any atom is 0.123 e. The van der Waals surface area contributed by atoms with E-state index in [4.69, 9.17) is 10.5 Å². The van der Waals surface area contributed by atoms with Gasteiger partial charge in [0.15, 0.2) is 0 Å². The van der Waals surface area contributed by atoms with Gasteiger partial charge in [-0.25, -0.2) is 4.39 Å². The van der Waals surface area contributed by atoms with E-state index >= 15 is 0 Å². The van der Waals surface area contributed by atoms with Gasteiger partial charge in [0.25, 0.3) is 0 Å². The third-order valence-corrected chi connectivity index (χ3v) is 7.02. The molecule has 2 unspecified atom stereocenters. The highest BCUT2D eigenvalue weighted by molar-refractivity contribution is 5.29. The predicted molar refractivity (Wildman–Crippen MR) is 112 cm³/mol. The maximum absolute atomic E-state index is 13.6. The number of nitrogens with two attached hydrogens (primary N) is 1. The molecule has 0 radical (unpaired) electrons. The van der Waals surface area contributed by atoms with Crippen molar-refractivity contribution in [2.24, 2.45) is 5.73 Å². The van der Waals surface area contributed by atoms with E-state index < -0.39 is 0 Å². The summed E-state index contributed by atoms with van der Waals surface area (Å²) < 4.78 is 19.9. The summed E-state index contributed by atoms with van der Waals surface area (Å²) in [6.45, 7) is 2.90. The number of hydrogen-bond donors (Lipinski definition) is 1. The highest BCUT2D eigenvalue weighted by Gasteiger charge is 2.47. The summed E-state index contributed by atoms with van der Waals surface area (Å²) in [6, 6.07) is 15.7. The van der Waals surface area contributed by atoms with Crippen LogP contribution in [0, 0.1) is 12.7 Å². The van der Waals surface area contributed by atoms with Crippen LogP contribution in [0.25, 0.3) is 0 Å². The van der Waals surface area contributed by atoms with Gasteiger partial charge < -0.3 is 10.5 Å². The van der Waals surface area contributed by atoms with Crippen LogP contribution in [0.2, 0.25) is 0 Å². The molecule has 1 saturated heterocycles. The molecule has 0 bridgehead atoms. The summed E-state index contributed by atoms with van der Waals surface area (Å²) in [5.41, 5.74) is 10.3. The first-order chi connectivity index (χ1) is 13.5. The zero-order chi connectivity index (χ0) is 19.6. The minimum absolute atomic E-state index is 0.0140. The lowest BCUT2D eigenvalue weighted by Crippen LogP contribution is -2.46. The molecule has 1 aliphatic heterocycles. The van der Waals surface area contributed by atoms with E-state index in [-0.39, 0.29) is 22.9 Å². The highest BCUT2D eigenvalue weighted by Crippen LogP contribution is 2.51. The fourth-order valence-electron chi connectivity index (χ4n) is 5.47. The Bertz CT molecular complexity index is 796. The molecule has 28 heavy (non-hydrogen) atoms. The van der Waals surface area contributed by atoms with Gasteiger partial charge in [0.1, 0.15) is 5.82 Å². The molecule has 2 aliphatic rings. The van der Waals surface area contributed by atoms with Gasteiger partial charge in [-0.05, 0) is 68.7 Å². The van der Waals surface area contributed by atoms with Crippen molar-refractivity contribution in [3.8, 4) is 0 Å². The van der Waals surface area contributed by atoms with Crippen LogP contribution in [0.3, 0.4) is 0 Å². The van der Waals surface area contributed by atoms with Gasteiger partial charge in [-0.1, -0.05) is 54.8 Å². The standard InChI is InChI=1S/C25H32FNO/c1-19-5-4-6-20(17-19)23(27)11-14-24(21-7-9-22(26)10-8-21)15-16-28-25(18-24)12-2-3-13-25/h4-10,17,23H,2-3,11-16,18,27H2,1H3. The molecule has 1 heterocycles. The first kappa shape index (κ1) is 19.6. The van der Waals surface area contributed by atoms with Crippen LogP contribution >= 0.6 is 0 Å². The largest absolute Gasteiger partial charge is 0.375 e. The van der Waals surface area contributed by atoms with Gasteiger partial charge in [-0.3, -0.25) is 0 Å². The molecule has 1 saturated carbocycles. The normalized spacial score (nSPS) is 25.1. The van der Waals surface area contributed by atoms with Gasteiger partial charge in [0.2, 0.25) is 0 Å². The fourth-order valence-corrected chi connectivity index (χ4v) is 5.47. The summed E-state index contributed by atoms with van der Waals surface area (Å²) in [5, 5.41) is 0. The van der Waals surface area contributed by atoms with Crippen molar-refractivity contribution >= 4 is 0 Å². The third kappa shape index (κ3) is 4.01. The van der Waals surface area contributed by atoms with Crippen molar-refractivity contribution in [1.82, 2.24) is 0 Å². The van der Waals surface area contributed by atoms with Crippen molar-refractivity contribution in [2.45, 2.75) is 75.3 Å². The van der Waals surface area contributed by atoms with Gasteiger partial charge >= 0.3 is 0 Å². The van der Waals surface area contributed by atoms with E-state index in [1.54, 1.807) is 12.1 Å². The van der Waals surface area contributed by atoms with E-state index in [1.807, 2.05) is 12.1 Å². The fraction of sp³-hybridized carbons (Fsp3) is 0.520. The Morgan fingerprint density at radius 1 is 1.07 bits per heavy atom. The number of ether oxygens (including phenoxy) is 1. The summed E-state index contributed by atoms with van der Waals surface area (Å²) >= 11 is 0. The Balaban J connectivity index is 1.59. The van der Waals surface area contributed by atoms with Gasteiger partial charge in [-0.2, -0.15) is 0 Å². The SMILES string of the molecule is Cc1cccc(C(N)CCC2(c3ccc(F)cc3)CCOC3(CCCC3)C2)c1. The molecule has 2 fully saturated rings. The van der Waals surface area contributed by atoms with E-state index in [1.165, 1.54) is 29.5 Å². The van der Waals surface area contributed by atoms with Crippen molar-refractivity contribution in [1.29, 1.82) is 0 Å². The minimum atomic E-state index is -0.169. The number of benzene rings is 2. The van der Waals surface area contributed by atoms with Crippen molar-refractivity contribution in [3.63, 3.8) is 0 Å². The van der Waals surface area contributed by atoms with Gasteiger partial charge in [0.05, 0.1) is 5.60 Å². The summed E-state index contributed by atoms with van der Waals surface area (Å²) in [7, 11) is 0. The third-order valence-electron chi connectivity index (χ3n) is 7.02. The molecule has 2 aromatic carbocycles. The quantitative estimate of drug-likeness (QED) is 0.692. The van der Waals surface area contributed by atoms with Gasteiger partial charge in [0, 0.05) is 18.1 Å². The Labute approximate surface area is 168 Å². The molecule has 1 spiro atoms. The van der Waals surface area contributed by atoms with Crippen LogP contribution < -0.4 is 5.73 Å². The van der Waals surface area contributed by atoms with E-state index in [0.717, 1.165) is 45.1 Å². The minimum Gasteiger partial charge on any atom is -0.375 e. The Morgan fingerprint density at radius 2 is 1.82 bits per heavy atom. The van der Waals surface area contributed by atoms with Crippen molar-refractivity contribution < 1.29 is 9.13 Å². The van der Waals surface area contributed by atoms with Crippen LogP contribution in [-0.2, 0) is 10.2 Å². The van der Waals surface area contributed by atoms with Crippen molar-refractivity contribution in [3.05, 3.63) is 71.0 Å². The summed E-state index contributed by atoms with van der Waals surface area (Å²) in [6.07, 6.45) is 8.77. The topological polar surface area (TPSA) is 35.2 Å². The second-order valence-corrected chi connectivity index (χ2v) is 9.01. The number of halogens is 1. The Kier molecular flexibility index (Phi) is 5.57. The second-order valence-electron chi connectivity index (χ2n) is 9.01. The second kappa shape index (κ2) is 7.96. The van der Waals surface area contributed by atoms with Crippen LogP contribution in [0.4, 0.5) is 4.39 Å². The molecule has 2 aromatic rings. The molecule has 2 nitrogen and oxygen atoms in total. The maximum atomic E-state index is 13.6. The predicted octanol–water partition coefficient (Wildman–Crippen LogP) is 5.98. The first-order valence-corrected chi connectivity index (χ1v) is 10.7. The monoisotopic (exact) mass is 381 g/mol. The highest BCUT2D eigenvalue weighted by atomic mass is 19.1. The molecule has 2 N–H and O–H groups in total. The van der Waals surface area contributed by atoms with Crippen LogP contribution in [0.1, 0.15) is 74.1 Å². The molecule has 0 aromatic heterocycles. The lowest BCUT2D eigenvalue weighted by molar-refractivity contribution is -0.104. The molecule has 4 rings (SSSR count). The molecule has 0 amide bonds. The zero-order valence-corrected chi connectivity index (χ0v) is 16.9.